The average molecular weight is 479 g/mol. The van der Waals surface area contributed by atoms with Gasteiger partial charge >= 0.3 is 0 Å². The SMILES string of the molecule is CCOc1ccccc1NC(=S)N(Cc1cc2ccc(C)cc2[nH]c1=O)C[C@H]1CCCN1CC. The Hall–Kier alpha value is -2.90. The van der Waals surface area contributed by atoms with E-state index < -0.39 is 0 Å². The molecule has 180 valence electrons. The number of hydrogen-bond acceptors (Lipinski definition) is 4. The van der Waals surface area contributed by atoms with Crippen LogP contribution in [0.3, 0.4) is 0 Å². The fraction of sp³-hybridized carbons (Fsp3) is 0.407. The van der Waals surface area contributed by atoms with Crippen LogP contribution >= 0.6 is 12.2 Å². The molecular weight excluding hydrogens is 444 g/mol. The molecule has 2 N–H and O–H groups in total. The topological polar surface area (TPSA) is 60.6 Å². The number of likely N-dealkylation sites (tertiary alicyclic amines) is 1. The minimum Gasteiger partial charge on any atom is -0.492 e. The normalized spacial score (nSPS) is 16.0. The van der Waals surface area contributed by atoms with Gasteiger partial charge in [0.15, 0.2) is 5.11 Å². The Morgan fingerprint density at radius 2 is 2.06 bits per heavy atom. The fourth-order valence-electron chi connectivity index (χ4n) is 4.72. The molecule has 0 amide bonds. The molecule has 1 atom stereocenters. The summed E-state index contributed by atoms with van der Waals surface area (Å²) in [5, 5.41) is 5.01. The second-order valence-corrected chi connectivity index (χ2v) is 9.27. The van der Waals surface area contributed by atoms with Crippen LogP contribution in [0.25, 0.3) is 10.9 Å². The van der Waals surface area contributed by atoms with Gasteiger partial charge in [0, 0.05) is 23.7 Å². The summed E-state index contributed by atoms with van der Waals surface area (Å²) in [5.74, 6) is 0.766. The lowest BCUT2D eigenvalue weighted by molar-refractivity contribution is 0.221. The second kappa shape index (κ2) is 11.0. The number of nitrogens with zero attached hydrogens (tertiary/aromatic N) is 2. The summed E-state index contributed by atoms with van der Waals surface area (Å²) in [6.45, 7) is 10.1. The first-order valence-corrected chi connectivity index (χ1v) is 12.5. The first kappa shape index (κ1) is 24.2. The van der Waals surface area contributed by atoms with E-state index in [-0.39, 0.29) is 5.56 Å². The summed E-state index contributed by atoms with van der Waals surface area (Å²) >= 11 is 5.89. The summed E-state index contributed by atoms with van der Waals surface area (Å²) in [6, 6.07) is 16.3. The van der Waals surface area contributed by atoms with Gasteiger partial charge in [-0.1, -0.05) is 31.2 Å². The van der Waals surface area contributed by atoms with E-state index >= 15 is 0 Å². The number of aromatic nitrogens is 1. The number of hydrogen-bond donors (Lipinski definition) is 2. The molecule has 1 aliphatic rings. The lowest BCUT2D eigenvalue weighted by Gasteiger charge is -2.32. The Labute approximate surface area is 206 Å². The maximum absolute atomic E-state index is 13.0. The Morgan fingerprint density at radius 3 is 2.85 bits per heavy atom. The lowest BCUT2D eigenvalue weighted by Crippen LogP contribution is -2.44. The molecule has 7 heteroatoms. The van der Waals surface area contributed by atoms with Crippen molar-refractivity contribution < 1.29 is 4.74 Å². The summed E-state index contributed by atoms with van der Waals surface area (Å²) in [7, 11) is 0. The molecule has 0 radical (unpaired) electrons. The Kier molecular flexibility index (Phi) is 7.85. The van der Waals surface area contributed by atoms with Crippen LogP contribution in [0.5, 0.6) is 5.75 Å². The number of aromatic amines is 1. The Bertz CT molecular complexity index is 1210. The summed E-state index contributed by atoms with van der Waals surface area (Å²) in [6.07, 6.45) is 2.32. The van der Waals surface area contributed by atoms with Crippen LogP contribution in [-0.2, 0) is 6.54 Å². The predicted octanol–water partition coefficient (Wildman–Crippen LogP) is 4.92. The molecule has 2 aromatic carbocycles. The number of likely N-dealkylation sites (N-methyl/N-ethyl adjacent to an activating group) is 1. The van der Waals surface area contributed by atoms with Crippen molar-refractivity contribution in [1.29, 1.82) is 0 Å². The third-order valence-corrected chi connectivity index (χ3v) is 6.85. The van der Waals surface area contributed by atoms with Gasteiger partial charge in [0.1, 0.15) is 5.75 Å². The minimum absolute atomic E-state index is 0.0700. The molecule has 3 aromatic rings. The standard InChI is InChI=1S/C27H34N4O2S/c1-4-30-14-8-9-22(30)18-31(27(34)29-23-10-6-7-11-25(23)33-5-2)17-21-16-20-13-12-19(3)15-24(20)28-26(21)32/h6-7,10-13,15-16,22H,4-5,8-9,14,17-18H2,1-3H3,(H,28,32)(H,29,34)/t22-/m1/s1. The fourth-order valence-corrected chi connectivity index (χ4v) is 4.97. The van der Waals surface area contributed by atoms with Gasteiger partial charge in [0.25, 0.3) is 5.56 Å². The van der Waals surface area contributed by atoms with Crippen molar-refractivity contribution in [3.05, 3.63) is 70.0 Å². The predicted molar refractivity (Wildman–Crippen MR) is 144 cm³/mol. The van der Waals surface area contributed by atoms with E-state index in [9.17, 15) is 4.79 Å². The number of ether oxygens (including phenoxy) is 1. The van der Waals surface area contributed by atoms with Crippen LogP contribution in [0.4, 0.5) is 5.69 Å². The highest BCUT2D eigenvalue weighted by Crippen LogP contribution is 2.25. The van der Waals surface area contributed by atoms with Gasteiger partial charge in [0.05, 0.1) is 18.8 Å². The summed E-state index contributed by atoms with van der Waals surface area (Å²) in [5.41, 5.74) is 3.45. The van der Waals surface area contributed by atoms with Crippen LogP contribution in [-0.4, -0.2) is 52.2 Å². The number of benzene rings is 2. The molecule has 1 aromatic heterocycles. The van der Waals surface area contributed by atoms with Crippen molar-refractivity contribution >= 4 is 33.9 Å². The highest BCUT2D eigenvalue weighted by molar-refractivity contribution is 7.80. The third-order valence-electron chi connectivity index (χ3n) is 6.49. The smallest absolute Gasteiger partial charge is 0.253 e. The van der Waals surface area contributed by atoms with Crippen LogP contribution in [0, 0.1) is 6.92 Å². The van der Waals surface area contributed by atoms with Crippen molar-refractivity contribution in [2.45, 2.75) is 46.2 Å². The van der Waals surface area contributed by atoms with Crippen LogP contribution in [0.15, 0.2) is 53.3 Å². The van der Waals surface area contributed by atoms with Gasteiger partial charge in [-0.2, -0.15) is 0 Å². The lowest BCUT2D eigenvalue weighted by atomic mass is 10.1. The molecule has 0 saturated carbocycles. The monoisotopic (exact) mass is 478 g/mol. The largest absolute Gasteiger partial charge is 0.492 e. The van der Waals surface area contributed by atoms with Gasteiger partial charge in [-0.15, -0.1) is 0 Å². The number of pyridine rings is 1. The van der Waals surface area contributed by atoms with Crippen molar-refractivity contribution in [2.24, 2.45) is 0 Å². The van der Waals surface area contributed by atoms with E-state index in [1.165, 1.54) is 6.42 Å². The van der Waals surface area contributed by atoms with Crippen LogP contribution in [0.2, 0.25) is 0 Å². The molecule has 0 aliphatic carbocycles. The van der Waals surface area contributed by atoms with Gasteiger partial charge in [-0.05, 0) is 87.2 Å². The number of H-pyrrole nitrogens is 1. The number of nitrogens with one attached hydrogen (secondary N) is 2. The molecule has 6 nitrogen and oxygen atoms in total. The number of fused-ring (bicyclic) bond motifs is 1. The maximum atomic E-state index is 13.0. The quantitative estimate of drug-likeness (QED) is 0.448. The zero-order valence-electron chi connectivity index (χ0n) is 20.3. The second-order valence-electron chi connectivity index (χ2n) is 8.88. The zero-order valence-corrected chi connectivity index (χ0v) is 21.1. The van der Waals surface area contributed by atoms with Crippen LogP contribution in [0.1, 0.15) is 37.8 Å². The first-order chi connectivity index (χ1) is 16.5. The van der Waals surface area contributed by atoms with Crippen molar-refractivity contribution in [1.82, 2.24) is 14.8 Å². The van der Waals surface area contributed by atoms with E-state index in [2.05, 4.69) is 39.2 Å². The van der Waals surface area contributed by atoms with E-state index in [1.54, 1.807) is 0 Å². The zero-order chi connectivity index (χ0) is 24.1. The highest BCUT2D eigenvalue weighted by atomic mass is 32.1. The van der Waals surface area contributed by atoms with E-state index in [0.29, 0.717) is 29.9 Å². The first-order valence-electron chi connectivity index (χ1n) is 12.1. The molecule has 4 rings (SSSR count). The average Bonchev–Trinajstić information content (AvgIpc) is 3.27. The number of anilines is 1. The van der Waals surface area contributed by atoms with E-state index in [4.69, 9.17) is 17.0 Å². The van der Waals surface area contributed by atoms with Gasteiger partial charge < -0.3 is 19.9 Å². The maximum Gasteiger partial charge on any atom is 0.253 e. The highest BCUT2D eigenvalue weighted by Gasteiger charge is 2.27. The summed E-state index contributed by atoms with van der Waals surface area (Å²) < 4.78 is 5.78. The number of thiocarbonyl (C=S) groups is 1. The number of aryl methyl sites for hydroxylation is 1. The Morgan fingerprint density at radius 1 is 1.24 bits per heavy atom. The van der Waals surface area contributed by atoms with Crippen LogP contribution < -0.4 is 15.6 Å². The van der Waals surface area contributed by atoms with E-state index in [0.717, 1.165) is 54.0 Å². The van der Waals surface area contributed by atoms with Crippen molar-refractivity contribution in [2.75, 3.05) is 31.6 Å². The third kappa shape index (κ3) is 5.59. The molecule has 1 aliphatic heterocycles. The molecule has 0 unspecified atom stereocenters. The summed E-state index contributed by atoms with van der Waals surface area (Å²) in [4.78, 5) is 20.7. The molecule has 0 spiro atoms. The van der Waals surface area contributed by atoms with E-state index in [1.807, 2.05) is 50.2 Å². The molecule has 2 heterocycles. The molecule has 1 fully saturated rings. The number of para-hydroxylation sites is 2. The molecule has 1 saturated heterocycles. The van der Waals surface area contributed by atoms with Crippen molar-refractivity contribution in [3.63, 3.8) is 0 Å². The van der Waals surface area contributed by atoms with Gasteiger partial charge in [-0.3, -0.25) is 9.69 Å². The van der Waals surface area contributed by atoms with Gasteiger partial charge in [-0.25, -0.2) is 0 Å². The van der Waals surface area contributed by atoms with Crippen molar-refractivity contribution in [3.8, 4) is 5.75 Å². The Balaban J connectivity index is 1.62. The molecule has 0 bridgehead atoms. The molecule has 34 heavy (non-hydrogen) atoms. The van der Waals surface area contributed by atoms with Gasteiger partial charge in [0.2, 0.25) is 0 Å². The minimum atomic E-state index is -0.0700. The number of rotatable bonds is 8. The molecular formula is C27H34N4O2S.